The van der Waals surface area contributed by atoms with E-state index >= 15 is 0 Å². The molecule has 0 spiro atoms. The number of hydrogen-bond acceptors (Lipinski definition) is 4. The predicted molar refractivity (Wildman–Crippen MR) is 126 cm³/mol. The molecule has 0 unspecified atom stereocenters. The summed E-state index contributed by atoms with van der Waals surface area (Å²) in [4.78, 5) is 24.5. The summed E-state index contributed by atoms with van der Waals surface area (Å²) in [5.74, 6) is -0.310. The summed E-state index contributed by atoms with van der Waals surface area (Å²) in [6, 6.07) is 21.4. The van der Waals surface area contributed by atoms with Crippen molar-refractivity contribution in [3.8, 4) is 5.75 Å². The van der Waals surface area contributed by atoms with Crippen LogP contribution < -0.4 is 10.2 Å². The minimum Gasteiger partial charge on any atom is -0.423 e. The summed E-state index contributed by atoms with van der Waals surface area (Å²) < 4.78 is 6.06. The van der Waals surface area contributed by atoms with E-state index < -0.39 is 5.97 Å². The molecule has 3 rings (SSSR count). The molecular formula is C25H23BrN2O3. The molecule has 1 N–H and O–H groups in total. The molecule has 6 heteroatoms. The zero-order chi connectivity index (χ0) is 22.4. The van der Waals surface area contributed by atoms with Crippen molar-refractivity contribution in [2.24, 2.45) is 5.10 Å². The number of benzene rings is 3. The first-order chi connectivity index (χ1) is 14.7. The van der Waals surface area contributed by atoms with Gasteiger partial charge in [-0.25, -0.2) is 10.2 Å². The van der Waals surface area contributed by atoms with Gasteiger partial charge in [0.05, 0.1) is 11.8 Å². The summed E-state index contributed by atoms with van der Waals surface area (Å²) >= 11 is 3.34. The van der Waals surface area contributed by atoms with Crippen molar-refractivity contribution < 1.29 is 14.3 Å². The fourth-order valence-electron chi connectivity index (χ4n) is 2.76. The van der Waals surface area contributed by atoms with Crippen molar-refractivity contribution >= 4 is 34.0 Å². The Balaban J connectivity index is 1.56. The Morgan fingerprint density at radius 3 is 2.19 bits per heavy atom. The quantitative estimate of drug-likeness (QED) is 0.220. The maximum absolute atomic E-state index is 12.3. The summed E-state index contributed by atoms with van der Waals surface area (Å²) in [5, 5.41) is 4.00. The van der Waals surface area contributed by atoms with Crippen molar-refractivity contribution in [1.29, 1.82) is 0 Å². The molecule has 3 aromatic carbocycles. The minimum atomic E-state index is -0.446. The first-order valence-corrected chi connectivity index (χ1v) is 10.5. The zero-order valence-electron chi connectivity index (χ0n) is 17.6. The lowest BCUT2D eigenvalue weighted by Crippen LogP contribution is -2.18. The Bertz CT molecular complexity index is 1100. The molecule has 0 fully saturated rings. The largest absolute Gasteiger partial charge is 0.423 e. The molecule has 0 atom stereocenters. The maximum atomic E-state index is 12.3. The van der Waals surface area contributed by atoms with Crippen molar-refractivity contribution in [2.75, 3.05) is 0 Å². The van der Waals surface area contributed by atoms with Crippen LogP contribution in [-0.2, 0) is 5.41 Å². The summed E-state index contributed by atoms with van der Waals surface area (Å²) in [6.45, 7) is 6.37. The van der Waals surface area contributed by atoms with Gasteiger partial charge in [-0.05, 0) is 81.0 Å². The van der Waals surface area contributed by atoms with Gasteiger partial charge in [-0.15, -0.1) is 0 Å². The van der Waals surface area contributed by atoms with Gasteiger partial charge < -0.3 is 4.74 Å². The average Bonchev–Trinajstić information content (AvgIpc) is 2.74. The molecule has 0 saturated carbocycles. The number of hydrazone groups is 1. The van der Waals surface area contributed by atoms with Gasteiger partial charge in [0.25, 0.3) is 5.91 Å². The number of nitrogens with one attached hydrogen (secondary N) is 1. The van der Waals surface area contributed by atoms with Crippen LogP contribution in [-0.4, -0.2) is 18.1 Å². The van der Waals surface area contributed by atoms with Crippen LogP contribution in [0.5, 0.6) is 5.75 Å². The Labute approximate surface area is 190 Å². The van der Waals surface area contributed by atoms with E-state index in [0.717, 1.165) is 11.1 Å². The summed E-state index contributed by atoms with van der Waals surface area (Å²) in [7, 11) is 0. The number of amides is 1. The van der Waals surface area contributed by atoms with Crippen LogP contribution in [0.25, 0.3) is 0 Å². The molecule has 158 valence electrons. The lowest BCUT2D eigenvalue weighted by atomic mass is 9.87. The second kappa shape index (κ2) is 9.71. The topological polar surface area (TPSA) is 67.8 Å². The van der Waals surface area contributed by atoms with Gasteiger partial charge in [0.1, 0.15) is 5.75 Å². The van der Waals surface area contributed by atoms with Gasteiger partial charge in [0.15, 0.2) is 0 Å². The van der Waals surface area contributed by atoms with E-state index in [9.17, 15) is 9.59 Å². The second-order valence-electron chi connectivity index (χ2n) is 7.96. The minimum absolute atomic E-state index is 0.0330. The van der Waals surface area contributed by atoms with Gasteiger partial charge in [0, 0.05) is 10.0 Å². The molecule has 0 radical (unpaired) electrons. The monoisotopic (exact) mass is 478 g/mol. The van der Waals surface area contributed by atoms with Gasteiger partial charge in [0.2, 0.25) is 0 Å². The Morgan fingerprint density at radius 2 is 1.58 bits per heavy atom. The van der Waals surface area contributed by atoms with E-state index in [1.54, 1.807) is 54.6 Å². The van der Waals surface area contributed by atoms with E-state index in [2.05, 4.69) is 47.2 Å². The molecule has 0 bridgehead atoms. The van der Waals surface area contributed by atoms with Gasteiger partial charge in [-0.1, -0.05) is 45.0 Å². The third-order valence-corrected chi connectivity index (χ3v) is 5.27. The fourth-order valence-corrected chi connectivity index (χ4v) is 3.21. The molecule has 0 aliphatic rings. The van der Waals surface area contributed by atoms with Crippen LogP contribution in [0.1, 0.15) is 52.6 Å². The molecule has 0 saturated heterocycles. The maximum Gasteiger partial charge on any atom is 0.344 e. The number of ether oxygens (including phenoxy) is 1. The highest BCUT2D eigenvalue weighted by atomic mass is 79.9. The lowest BCUT2D eigenvalue weighted by Gasteiger charge is -2.18. The lowest BCUT2D eigenvalue weighted by molar-refractivity contribution is 0.0733. The van der Waals surface area contributed by atoms with Crippen molar-refractivity contribution in [2.45, 2.75) is 26.2 Å². The first-order valence-electron chi connectivity index (χ1n) is 9.75. The van der Waals surface area contributed by atoms with Crippen LogP contribution in [0.4, 0.5) is 0 Å². The van der Waals surface area contributed by atoms with Gasteiger partial charge >= 0.3 is 5.97 Å². The number of rotatable bonds is 5. The molecule has 1 amide bonds. The first kappa shape index (κ1) is 22.4. The number of hydrogen-bond donors (Lipinski definition) is 1. The van der Waals surface area contributed by atoms with Crippen LogP contribution in [0.3, 0.4) is 0 Å². The highest BCUT2D eigenvalue weighted by Gasteiger charge is 2.14. The molecule has 0 aliphatic carbocycles. The molecule has 0 aromatic heterocycles. The SMILES string of the molecule is CC(C)(C)c1ccc(C(=O)N/N=C/c2ccc(OC(=O)c3ccccc3Br)cc2)cc1. The molecule has 31 heavy (non-hydrogen) atoms. The Hall–Kier alpha value is -3.25. The molecule has 0 heterocycles. The smallest absolute Gasteiger partial charge is 0.344 e. The highest BCUT2D eigenvalue weighted by Crippen LogP contribution is 2.22. The van der Waals surface area contributed by atoms with E-state index in [1.807, 2.05) is 18.2 Å². The van der Waals surface area contributed by atoms with Crippen molar-refractivity contribution in [3.05, 3.63) is 99.5 Å². The van der Waals surface area contributed by atoms with Crippen molar-refractivity contribution in [1.82, 2.24) is 5.43 Å². The molecular weight excluding hydrogens is 456 g/mol. The Morgan fingerprint density at radius 1 is 0.935 bits per heavy atom. The third-order valence-electron chi connectivity index (χ3n) is 4.58. The number of halogens is 1. The van der Waals surface area contributed by atoms with Gasteiger partial charge in [-0.3, -0.25) is 4.79 Å². The van der Waals surface area contributed by atoms with Crippen LogP contribution in [0.15, 0.2) is 82.4 Å². The van der Waals surface area contributed by atoms with Crippen molar-refractivity contribution in [3.63, 3.8) is 0 Å². The third kappa shape index (κ3) is 6.12. The number of nitrogens with zero attached hydrogens (tertiary/aromatic N) is 1. The predicted octanol–water partition coefficient (Wildman–Crippen LogP) is 5.73. The fraction of sp³-hybridized carbons (Fsp3) is 0.160. The molecule has 3 aromatic rings. The van der Waals surface area contributed by atoms with Crippen LogP contribution >= 0.6 is 15.9 Å². The van der Waals surface area contributed by atoms with E-state index in [0.29, 0.717) is 21.3 Å². The molecule has 5 nitrogen and oxygen atoms in total. The highest BCUT2D eigenvalue weighted by molar-refractivity contribution is 9.10. The van der Waals surface area contributed by atoms with E-state index in [4.69, 9.17) is 4.74 Å². The number of carbonyl (C=O) groups excluding carboxylic acids is 2. The summed E-state index contributed by atoms with van der Waals surface area (Å²) in [5.41, 5.74) is 5.46. The standard InChI is InChI=1S/C25H23BrN2O3/c1-25(2,3)19-12-10-18(11-13-19)23(29)28-27-16-17-8-14-20(15-9-17)31-24(30)21-6-4-5-7-22(21)26/h4-16H,1-3H3,(H,28,29)/b27-16+. The van der Waals surface area contributed by atoms with Crippen LogP contribution in [0, 0.1) is 0 Å². The normalized spacial score (nSPS) is 11.4. The average molecular weight is 479 g/mol. The number of carbonyl (C=O) groups is 2. The van der Waals surface area contributed by atoms with Gasteiger partial charge in [-0.2, -0.15) is 5.10 Å². The second-order valence-corrected chi connectivity index (χ2v) is 8.82. The van der Waals surface area contributed by atoms with E-state index in [-0.39, 0.29) is 11.3 Å². The molecule has 0 aliphatic heterocycles. The van der Waals surface area contributed by atoms with E-state index in [1.165, 1.54) is 6.21 Å². The number of esters is 1. The Kier molecular flexibility index (Phi) is 7.02. The zero-order valence-corrected chi connectivity index (χ0v) is 19.1. The summed E-state index contributed by atoms with van der Waals surface area (Å²) in [6.07, 6.45) is 1.53. The van der Waals surface area contributed by atoms with Crippen LogP contribution in [0.2, 0.25) is 0 Å².